The highest BCUT2D eigenvalue weighted by molar-refractivity contribution is 9.10. The average molecular weight is 293 g/mol. The molecule has 17 heavy (non-hydrogen) atoms. The molecule has 0 atom stereocenters. The van der Waals surface area contributed by atoms with Gasteiger partial charge >= 0.3 is 0 Å². The summed E-state index contributed by atoms with van der Waals surface area (Å²) in [7, 11) is 3.63. The lowest BCUT2D eigenvalue weighted by Crippen LogP contribution is -2.12. The standard InChI is InChI=1S/C13H13BrN2O/c1-16(13-10(14)6-5-9-15-13)11-7-3-4-8-12(11)17-2/h3-9H,1-2H3. The second-order valence-corrected chi connectivity index (χ2v) is 4.39. The highest BCUT2D eigenvalue weighted by Crippen LogP contribution is 2.34. The first-order chi connectivity index (χ1) is 8.24. The normalized spacial score (nSPS) is 10.1. The summed E-state index contributed by atoms with van der Waals surface area (Å²) >= 11 is 3.50. The van der Waals surface area contributed by atoms with E-state index in [0.29, 0.717) is 0 Å². The van der Waals surface area contributed by atoms with Gasteiger partial charge < -0.3 is 9.64 Å². The van der Waals surface area contributed by atoms with Gasteiger partial charge in [0.05, 0.1) is 17.3 Å². The highest BCUT2D eigenvalue weighted by atomic mass is 79.9. The minimum atomic E-state index is 0.826. The van der Waals surface area contributed by atoms with E-state index in [1.807, 2.05) is 48.3 Å². The highest BCUT2D eigenvalue weighted by Gasteiger charge is 2.12. The van der Waals surface area contributed by atoms with Gasteiger partial charge in [-0.05, 0) is 40.2 Å². The summed E-state index contributed by atoms with van der Waals surface area (Å²) in [6.45, 7) is 0. The summed E-state index contributed by atoms with van der Waals surface area (Å²) < 4.78 is 6.30. The van der Waals surface area contributed by atoms with Gasteiger partial charge in [0.15, 0.2) is 0 Å². The molecule has 0 spiro atoms. The summed E-state index contributed by atoms with van der Waals surface area (Å²) in [5.41, 5.74) is 0.981. The van der Waals surface area contributed by atoms with Crippen LogP contribution in [0, 0.1) is 0 Å². The molecule has 2 rings (SSSR count). The van der Waals surface area contributed by atoms with Crippen LogP contribution in [-0.4, -0.2) is 19.1 Å². The quantitative estimate of drug-likeness (QED) is 0.864. The van der Waals surface area contributed by atoms with E-state index in [1.165, 1.54) is 0 Å². The maximum Gasteiger partial charge on any atom is 0.147 e. The first kappa shape index (κ1) is 11.9. The van der Waals surface area contributed by atoms with E-state index >= 15 is 0 Å². The lowest BCUT2D eigenvalue weighted by Gasteiger charge is -2.21. The van der Waals surface area contributed by atoms with Crippen LogP contribution in [0.5, 0.6) is 5.75 Å². The van der Waals surface area contributed by atoms with Crippen molar-refractivity contribution < 1.29 is 4.74 Å². The Balaban J connectivity index is 2.44. The Hall–Kier alpha value is -1.55. The summed E-state index contributed by atoms with van der Waals surface area (Å²) in [5, 5.41) is 0. The van der Waals surface area contributed by atoms with Crippen molar-refractivity contribution in [1.29, 1.82) is 0 Å². The third-order valence-electron chi connectivity index (χ3n) is 2.50. The molecule has 1 aromatic heterocycles. The van der Waals surface area contributed by atoms with E-state index in [2.05, 4.69) is 20.9 Å². The number of pyridine rings is 1. The third-order valence-corrected chi connectivity index (χ3v) is 3.12. The second kappa shape index (κ2) is 5.19. The molecule has 0 amide bonds. The zero-order valence-electron chi connectivity index (χ0n) is 9.72. The van der Waals surface area contributed by atoms with Crippen molar-refractivity contribution >= 4 is 27.4 Å². The summed E-state index contributed by atoms with van der Waals surface area (Å²) in [4.78, 5) is 6.34. The predicted molar refractivity (Wildman–Crippen MR) is 73.0 cm³/mol. The van der Waals surface area contributed by atoms with Crippen LogP contribution in [0.2, 0.25) is 0 Å². The molecule has 2 aromatic rings. The molecule has 1 heterocycles. The number of para-hydroxylation sites is 2. The smallest absolute Gasteiger partial charge is 0.147 e. The Morgan fingerprint density at radius 2 is 1.94 bits per heavy atom. The van der Waals surface area contributed by atoms with Crippen LogP contribution in [0.25, 0.3) is 0 Å². The van der Waals surface area contributed by atoms with Gasteiger partial charge in [0.1, 0.15) is 11.6 Å². The van der Waals surface area contributed by atoms with Crippen LogP contribution in [0.3, 0.4) is 0 Å². The molecule has 3 nitrogen and oxygen atoms in total. The van der Waals surface area contributed by atoms with Crippen LogP contribution >= 0.6 is 15.9 Å². The van der Waals surface area contributed by atoms with Gasteiger partial charge in [0.2, 0.25) is 0 Å². The van der Waals surface area contributed by atoms with Gasteiger partial charge in [-0.1, -0.05) is 12.1 Å². The monoisotopic (exact) mass is 292 g/mol. The van der Waals surface area contributed by atoms with Gasteiger partial charge in [0.25, 0.3) is 0 Å². The number of anilines is 2. The second-order valence-electron chi connectivity index (χ2n) is 3.54. The minimum absolute atomic E-state index is 0.826. The molecule has 0 unspecified atom stereocenters. The van der Waals surface area contributed by atoms with E-state index in [0.717, 1.165) is 21.7 Å². The fourth-order valence-electron chi connectivity index (χ4n) is 1.65. The Labute approximate surface area is 109 Å². The fraction of sp³-hybridized carbons (Fsp3) is 0.154. The number of hydrogen-bond acceptors (Lipinski definition) is 3. The maximum atomic E-state index is 5.34. The summed E-state index contributed by atoms with van der Waals surface area (Å²) in [6, 6.07) is 11.7. The van der Waals surface area contributed by atoms with E-state index < -0.39 is 0 Å². The number of nitrogens with zero attached hydrogens (tertiary/aromatic N) is 2. The van der Waals surface area contributed by atoms with Gasteiger partial charge in [0, 0.05) is 13.2 Å². The Kier molecular flexibility index (Phi) is 3.64. The molecule has 0 bridgehead atoms. The molecule has 4 heteroatoms. The van der Waals surface area contributed by atoms with Crippen molar-refractivity contribution in [2.24, 2.45) is 0 Å². The molecule has 1 aromatic carbocycles. The third kappa shape index (κ3) is 2.42. The number of ether oxygens (including phenoxy) is 1. The molecule has 88 valence electrons. The summed E-state index contributed by atoms with van der Waals surface area (Å²) in [5.74, 6) is 1.68. The number of benzene rings is 1. The lowest BCUT2D eigenvalue weighted by molar-refractivity contribution is 0.415. The van der Waals surface area contributed by atoms with E-state index in [1.54, 1.807) is 13.3 Å². The van der Waals surface area contributed by atoms with E-state index in [-0.39, 0.29) is 0 Å². The largest absolute Gasteiger partial charge is 0.495 e. The predicted octanol–water partition coefficient (Wildman–Crippen LogP) is 3.62. The molecule has 0 saturated heterocycles. The van der Waals surface area contributed by atoms with Crippen molar-refractivity contribution in [3.8, 4) is 5.75 Å². The van der Waals surface area contributed by atoms with E-state index in [9.17, 15) is 0 Å². The molecule has 0 radical (unpaired) electrons. The summed E-state index contributed by atoms with van der Waals surface area (Å²) in [6.07, 6.45) is 1.77. The zero-order chi connectivity index (χ0) is 12.3. The van der Waals surface area contributed by atoms with Crippen LogP contribution in [0.4, 0.5) is 11.5 Å². The van der Waals surface area contributed by atoms with Crippen molar-refractivity contribution in [2.45, 2.75) is 0 Å². The molecular weight excluding hydrogens is 280 g/mol. The topological polar surface area (TPSA) is 25.4 Å². The lowest BCUT2D eigenvalue weighted by atomic mass is 10.2. The van der Waals surface area contributed by atoms with Crippen LogP contribution in [-0.2, 0) is 0 Å². The molecule has 0 saturated carbocycles. The Morgan fingerprint density at radius 1 is 1.18 bits per heavy atom. The zero-order valence-corrected chi connectivity index (χ0v) is 11.3. The molecule has 0 aliphatic heterocycles. The number of methoxy groups -OCH3 is 1. The molecule has 0 fully saturated rings. The van der Waals surface area contributed by atoms with Crippen LogP contribution in [0.1, 0.15) is 0 Å². The van der Waals surface area contributed by atoms with Gasteiger partial charge in [-0.25, -0.2) is 4.98 Å². The van der Waals surface area contributed by atoms with Crippen LogP contribution in [0.15, 0.2) is 47.1 Å². The number of rotatable bonds is 3. The maximum absolute atomic E-state index is 5.34. The Bertz CT molecular complexity index is 516. The molecule has 0 aliphatic rings. The number of hydrogen-bond donors (Lipinski definition) is 0. The Morgan fingerprint density at radius 3 is 2.65 bits per heavy atom. The number of halogens is 1. The van der Waals surface area contributed by atoms with Gasteiger partial charge in [-0.3, -0.25) is 0 Å². The van der Waals surface area contributed by atoms with Crippen molar-refractivity contribution in [3.05, 3.63) is 47.1 Å². The van der Waals surface area contributed by atoms with Crippen molar-refractivity contribution in [1.82, 2.24) is 4.98 Å². The van der Waals surface area contributed by atoms with Crippen LogP contribution < -0.4 is 9.64 Å². The first-order valence-electron chi connectivity index (χ1n) is 5.21. The average Bonchev–Trinajstić information content (AvgIpc) is 2.38. The minimum Gasteiger partial charge on any atom is -0.495 e. The van der Waals surface area contributed by atoms with Crippen molar-refractivity contribution in [2.75, 3.05) is 19.1 Å². The number of aromatic nitrogens is 1. The van der Waals surface area contributed by atoms with Gasteiger partial charge in [-0.15, -0.1) is 0 Å². The molecular formula is C13H13BrN2O. The van der Waals surface area contributed by atoms with Gasteiger partial charge in [-0.2, -0.15) is 0 Å². The van der Waals surface area contributed by atoms with Crippen molar-refractivity contribution in [3.63, 3.8) is 0 Å². The fourth-order valence-corrected chi connectivity index (χ4v) is 2.17. The van der Waals surface area contributed by atoms with E-state index in [4.69, 9.17) is 4.74 Å². The first-order valence-corrected chi connectivity index (χ1v) is 6.00. The SMILES string of the molecule is COc1ccccc1N(C)c1ncccc1Br. The molecule has 0 aliphatic carbocycles. The molecule has 0 N–H and O–H groups in total.